The van der Waals surface area contributed by atoms with Crippen molar-refractivity contribution in [3.63, 3.8) is 0 Å². The molecule has 0 aliphatic heterocycles. The zero-order valence-electron chi connectivity index (χ0n) is 8.52. The van der Waals surface area contributed by atoms with Crippen LogP contribution >= 0.6 is 0 Å². The summed E-state index contributed by atoms with van der Waals surface area (Å²) in [5.41, 5.74) is -2.92. The van der Waals surface area contributed by atoms with Crippen LogP contribution in [0.25, 0.3) is 0 Å². The van der Waals surface area contributed by atoms with Crippen LogP contribution in [0, 0.1) is 5.41 Å². The maximum absolute atomic E-state index is 12.0. The van der Waals surface area contributed by atoms with Crippen molar-refractivity contribution in [3.05, 3.63) is 0 Å². The summed E-state index contributed by atoms with van der Waals surface area (Å²) >= 11 is 0. The second kappa shape index (κ2) is 4.56. The molecule has 9 heteroatoms. The Bertz CT molecular complexity index is 202. The van der Waals surface area contributed by atoms with Gasteiger partial charge in [0.2, 0.25) is 0 Å². The number of hydrogen-bond donors (Lipinski definition) is 0. The first-order valence-electron chi connectivity index (χ1n) is 4.32. The Labute approximate surface area is 90.8 Å². The van der Waals surface area contributed by atoms with Crippen LogP contribution in [-0.2, 0) is 0 Å². The van der Waals surface area contributed by atoms with Gasteiger partial charge in [0, 0.05) is 19.3 Å². The number of rotatable bonds is 3. The molecular formula is C8H9F9. The van der Waals surface area contributed by atoms with Gasteiger partial charge >= 0.3 is 18.5 Å². The normalized spacial score (nSPS) is 15.2. The fourth-order valence-electron chi connectivity index (χ4n) is 1.64. The molecule has 0 rings (SSSR count). The van der Waals surface area contributed by atoms with Crippen LogP contribution in [0.1, 0.15) is 26.2 Å². The molecule has 104 valence electrons. The van der Waals surface area contributed by atoms with Gasteiger partial charge in [-0.25, -0.2) is 0 Å². The van der Waals surface area contributed by atoms with E-state index in [4.69, 9.17) is 0 Å². The lowest BCUT2D eigenvalue weighted by atomic mass is 9.79. The second-order valence-electron chi connectivity index (χ2n) is 4.19. The smallest absolute Gasteiger partial charge is 0.171 e. The van der Waals surface area contributed by atoms with E-state index >= 15 is 0 Å². The number of hydrogen-bond acceptors (Lipinski definition) is 0. The van der Waals surface area contributed by atoms with Gasteiger partial charge in [-0.15, -0.1) is 0 Å². The largest absolute Gasteiger partial charge is 0.389 e. The van der Waals surface area contributed by atoms with Gasteiger partial charge in [-0.05, 0) is 5.41 Å². The van der Waals surface area contributed by atoms with Crippen LogP contribution in [0.5, 0.6) is 0 Å². The predicted octanol–water partition coefficient (Wildman–Crippen LogP) is 4.85. The SMILES string of the molecule is CC(CC(F)(F)F)(CC(F)(F)F)CC(F)(F)F. The molecule has 0 amide bonds. The van der Waals surface area contributed by atoms with Crippen molar-refractivity contribution < 1.29 is 39.5 Å². The highest BCUT2D eigenvalue weighted by Gasteiger charge is 2.50. The van der Waals surface area contributed by atoms with Crippen LogP contribution < -0.4 is 0 Å². The molecule has 0 fully saturated rings. The van der Waals surface area contributed by atoms with Crippen LogP contribution in [0.3, 0.4) is 0 Å². The standard InChI is InChI=1S/C8H9F9/c1-5(2-6(9,10)11,3-7(12,13)14)4-8(15,16)17/h2-4H2,1H3. The highest BCUT2D eigenvalue weighted by atomic mass is 19.4. The van der Waals surface area contributed by atoms with Gasteiger partial charge in [-0.2, -0.15) is 39.5 Å². The zero-order chi connectivity index (χ0) is 14.1. The van der Waals surface area contributed by atoms with Crippen molar-refractivity contribution in [1.29, 1.82) is 0 Å². The Morgan fingerprint density at radius 3 is 0.824 bits per heavy atom. The molecule has 0 heterocycles. The van der Waals surface area contributed by atoms with E-state index in [0.717, 1.165) is 0 Å². The first kappa shape index (κ1) is 16.4. The van der Waals surface area contributed by atoms with Gasteiger partial charge in [0.1, 0.15) is 0 Å². The topological polar surface area (TPSA) is 0 Å². The van der Waals surface area contributed by atoms with Gasteiger partial charge in [0.15, 0.2) is 0 Å². The number of halogens is 9. The van der Waals surface area contributed by atoms with Crippen molar-refractivity contribution in [2.75, 3.05) is 0 Å². The summed E-state index contributed by atoms with van der Waals surface area (Å²) in [7, 11) is 0. The van der Waals surface area contributed by atoms with E-state index in [2.05, 4.69) is 0 Å². The molecule has 0 aromatic rings. The van der Waals surface area contributed by atoms with Crippen molar-refractivity contribution in [2.45, 2.75) is 44.7 Å². The van der Waals surface area contributed by atoms with Crippen LogP contribution in [-0.4, -0.2) is 18.5 Å². The predicted molar refractivity (Wildman–Crippen MR) is 40.1 cm³/mol. The molecule has 0 aliphatic carbocycles. The minimum absolute atomic E-state index is 0.335. The molecule has 0 nitrogen and oxygen atoms in total. The van der Waals surface area contributed by atoms with E-state index in [9.17, 15) is 39.5 Å². The fourth-order valence-corrected chi connectivity index (χ4v) is 1.64. The molecule has 0 N–H and O–H groups in total. The van der Waals surface area contributed by atoms with Gasteiger partial charge in [-0.3, -0.25) is 0 Å². The van der Waals surface area contributed by atoms with E-state index in [1.54, 1.807) is 0 Å². The first-order chi connectivity index (χ1) is 7.12. The lowest BCUT2D eigenvalue weighted by molar-refractivity contribution is -0.221. The lowest BCUT2D eigenvalue weighted by Gasteiger charge is -2.32. The van der Waals surface area contributed by atoms with Crippen molar-refractivity contribution >= 4 is 0 Å². The third kappa shape index (κ3) is 9.11. The first-order valence-corrected chi connectivity index (χ1v) is 4.32. The van der Waals surface area contributed by atoms with E-state index in [-0.39, 0.29) is 0 Å². The molecule has 0 aromatic heterocycles. The highest BCUT2D eigenvalue weighted by molar-refractivity contribution is 4.83. The summed E-state index contributed by atoms with van der Waals surface area (Å²) in [6.07, 6.45) is -21.6. The fraction of sp³-hybridized carbons (Fsp3) is 1.00. The van der Waals surface area contributed by atoms with Crippen molar-refractivity contribution in [1.82, 2.24) is 0 Å². The summed E-state index contributed by atoms with van der Waals surface area (Å²) in [6, 6.07) is 0. The molecule has 0 bridgehead atoms. The summed E-state index contributed by atoms with van der Waals surface area (Å²) < 4.78 is 108. The third-order valence-corrected chi connectivity index (χ3v) is 1.88. The lowest BCUT2D eigenvalue weighted by Crippen LogP contribution is -2.34. The Morgan fingerprint density at radius 1 is 0.529 bits per heavy atom. The molecule has 0 unspecified atom stereocenters. The summed E-state index contributed by atoms with van der Waals surface area (Å²) in [6.45, 7) is 0.335. The zero-order valence-corrected chi connectivity index (χ0v) is 8.52. The Hall–Kier alpha value is -0.630. The minimum Gasteiger partial charge on any atom is -0.171 e. The summed E-state index contributed by atoms with van der Waals surface area (Å²) in [5.74, 6) is 0. The van der Waals surface area contributed by atoms with Gasteiger partial charge in [0.05, 0.1) is 0 Å². The Kier molecular flexibility index (Phi) is 4.40. The van der Waals surface area contributed by atoms with Crippen molar-refractivity contribution in [3.8, 4) is 0 Å². The molecule has 0 saturated carbocycles. The van der Waals surface area contributed by atoms with E-state index < -0.39 is 43.2 Å². The summed E-state index contributed by atoms with van der Waals surface area (Å²) in [5, 5.41) is 0. The molecule has 0 radical (unpaired) electrons. The Balaban J connectivity index is 4.95. The molecule has 0 spiro atoms. The van der Waals surface area contributed by atoms with E-state index in [0.29, 0.717) is 6.92 Å². The summed E-state index contributed by atoms with van der Waals surface area (Å²) in [4.78, 5) is 0. The van der Waals surface area contributed by atoms with E-state index in [1.165, 1.54) is 0 Å². The minimum atomic E-state index is -5.08. The average Bonchev–Trinajstić information content (AvgIpc) is 1.65. The van der Waals surface area contributed by atoms with Crippen LogP contribution in [0.2, 0.25) is 0 Å². The molecule has 17 heavy (non-hydrogen) atoms. The Morgan fingerprint density at radius 2 is 0.706 bits per heavy atom. The molecule has 0 aromatic carbocycles. The van der Waals surface area contributed by atoms with E-state index in [1.807, 2.05) is 0 Å². The van der Waals surface area contributed by atoms with Crippen LogP contribution in [0.4, 0.5) is 39.5 Å². The van der Waals surface area contributed by atoms with Gasteiger partial charge in [-0.1, -0.05) is 6.92 Å². The third-order valence-electron chi connectivity index (χ3n) is 1.88. The second-order valence-corrected chi connectivity index (χ2v) is 4.19. The maximum Gasteiger partial charge on any atom is 0.389 e. The highest BCUT2D eigenvalue weighted by Crippen LogP contribution is 2.47. The van der Waals surface area contributed by atoms with Gasteiger partial charge < -0.3 is 0 Å². The molecular weight excluding hydrogens is 267 g/mol. The number of alkyl halides is 9. The molecule has 0 saturated heterocycles. The molecule has 0 aliphatic rings. The van der Waals surface area contributed by atoms with Crippen molar-refractivity contribution in [2.24, 2.45) is 5.41 Å². The monoisotopic (exact) mass is 276 g/mol. The quantitative estimate of drug-likeness (QED) is 0.646. The maximum atomic E-state index is 12.0. The van der Waals surface area contributed by atoms with Crippen LogP contribution in [0.15, 0.2) is 0 Å². The molecule has 0 atom stereocenters. The van der Waals surface area contributed by atoms with Gasteiger partial charge in [0.25, 0.3) is 0 Å². The average molecular weight is 276 g/mol.